The summed E-state index contributed by atoms with van der Waals surface area (Å²) >= 11 is 5.90. The SMILES string of the molecule is CCC[NH+]1CC[NH+](C[C@H](O)CO[C@H](C)c2ccc(Cl)cc2)CC1. The first-order valence-corrected chi connectivity index (χ1v) is 9.18. The summed E-state index contributed by atoms with van der Waals surface area (Å²) in [5, 5.41) is 11.0. The Morgan fingerprint density at radius 3 is 2.35 bits per heavy atom. The minimum absolute atomic E-state index is 0.0252. The Morgan fingerprint density at radius 1 is 1.13 bits per heavy atom. The molecule has 1 fully saturated rings. The fourth-order valence-electron chi connectivity index (χ4n) is 3.24. The van der Waals surface area contributed by atoms with Crippen LogP contribution in [0.3, 0.4) is 0 Å². The topological polar surface area (TPSA) is 38.3 Å². The molecule has 1 saturated heterocycles. The quantitative estimate of drug-likeness (QED) is 0.621. The van der Waals surface area contributed by atoms with Gasteiger partial charge in [-0.1, -0.05) is 30.7 Å². The minimum Gasteiger partial charge on any atom is -0.385 e. The molecule has 0 spiro atoms. The zero-order valence-electron chi connectivity index (χ0n) is 14.4. The molecule has 0 aliphatic carbocycles. The molecular formula is C18H31ClN2O2+2. The largest absolute Gasteiger partial charge is 0.385 e. The third-order valence-corrected chi connectivity index (χ3v) is 4.92. The average Bonchev–Trinajstić information content (AvgIpc) is 2.55. The molecule has 1 aliphatic rings. The summed E-state index contributed by atoms with van der Waals surface area (Å²) in [6, 6.07) is 7.69. The zero-order chi connectivity index (χ0) is 16.7. The van der Waals surface area contributed by atoms with Gasteiger partial charge in [0.15, 0.2) is 0 Å². The highest BCUT2D eigenvalue weighted by Gasteiger charge is 2.24. The molecule has 2 rings (SSSR count). The van der Waals surface area contributed by atoms with Gasteiger partial charge in [0.25, 0.3) is 0 Å². The number of halogens is 1. The predicted octanol–water partition coefficient (Wildman–Crippen LogP) is -0.0281. The van der Waals surface area contributed by atoms with E-state index in [4.69, 9.17) is 16.3 Å². The third-order valence-electron chi connectivity index (χ3n) is 4.67. The maximum absolute atomic E-state index is 10.2. The second kappa shape index (κ2) is 9.60. The number of rotatable bonds is 8. The number of aliphatic hydroxyl groups is 1. The Bertz CT molecular complexity index is 447. The summed E-state index contributed by atoms with van der Waals surface area (Å²) in [6.07, 6.45) is 0.833. The number of aliphatic hydroxyl groups excluding tert-OH is 1. The first-order valence-electron chi connectivity index (χ1n) is 8.80. The second-order valence-corrected chi connectivity index (χ2v) is 7.07. The molecule has 4 nitrogen and oxygen atoms in total. The molecule has 2 atom stereocenters. The van der Waals surface area contributed by atoms with Crippen molar-refractivity contribution in [2.45, 2.75) is 32.5 Å². The van der Waals surface area contributed by atoms with E-state index in [9.17, 15) is 5.11 Å². The van der Waals surface area contributed by atoms with Crippen LogP contribution in [0.5, 0.6) is 0 Å². The highest BCUT2D eigenvalue weighted by Crippen LogP contribution is 2.19. The normalized spacial score (nSPS) is 24.3. The van der Waals surface area contributed by atoms with Gasteiger partial charge >= 0.3 is 0 Å². The van der Waals surface area contributed by atoms with Crippen LogP contribution in [0.15, 0.2) is 24.3 Å². The van der Waals surface area contributed by atoms with E-state index in [1.807, 2.05) is 31.2 Å². The van der Waals surface area contributed by atoms with Gasteiger partial charge in [0.05, 0.1) is 19.3 Å². The van der Waals surface area contributed by atoms with Crippen LogP contribution < -0.4 is 9.80 Å². The Labute approximate surface area is 145 Å². The van der Waals surface area contributed by atoms with Crippen molar-refractivity contribution in [1.82, 2.24) is 0 Å². The predicted molar refractivity (Wildman–Crippen MR) is 93.2 cm³/mol. The van der Waals surface area contributed by atoms with Crippen LogP contribution in [-0.2, 0) is 4.74 Å². The lowest BCUT2D eigenvalue weighted by Crippen LogP contribution is -3.28. The van der Waals surface area contributed by atoms with E-state index >= 15 is 0 Å². The third kappa shape index (κ3) is 6.40. The molecule has 3 N–H and O–H groups in total. The summed E-state index contributed by atoms with van der Waals surface area (Å²) in [5.41, 5.74) is 1.09. The summed E-state index contributed by atoms with van der Waals surface area (Å²) in [4.78, 5) is 3.21. The average molecular weight is 343 g/mol. The maximum atomic E-state index is 10.2. The van der Waals surface area contributed by atoms with Crippen molar-refractivity contribution in [3.63, 3.8) is 0 Å². The van der Waals surface area contributed by atoms with Crippen molar-refractivity contribution in [2.24, 2.45) is 0 Å². The molecule has 5 heteroatoms. The molecule has 0 unspecified atom stereocenters. The van der Waals surface area contributed by atoms with Gasteiger partial charge in [0.1, 0.15) is 38.8 Å². The first-order chi connectivity index (χ1) is 11.1. The Kier molecular flexibility index (Phi) is 7.80. The van der Waals surface area contributed by atoms with Gasteiger partial charge in [-0.25, -0.2) is 0 Å². The van der Waals surface area contributed by atoms with Gasteiger partial charge in [0, 0.05) is 5.02 Å². The van der Waals surface area contributed by atoms with Crippen molar-refractivity contribution in [2.75, 3.05) is 45.9 Å². The standard InChI is InChI=1S/C18H29ClN2O2/c1-3-8-20-9-11-21(12-10-20)13-18(22)14-23-15(2)16-4-6-17(19)7-5-16/h4-7,15,18,22H,3,8-14H2,1-2H3/p+2/t15-,18+/m1/s1. The molecule has 130 valence electrons. The van der Waals surface area contributed by atoms with E-state index in [1.54, 1.807) is 4.90 Å². The molecule has 0 saturated carbocycles. The second-order valence-electron chi connectivity index (χ2n) is 6.64. The zero-order valence-corrected chi connectivity index (χ0v) is 15.1. The van der Waals surface area contributed by atoms with Gasteiger partial charge in [-0.05, 0) is 31.0 Å². The van der Waals surface area contributed by atoms with Gasteiger partial charge in [0.2, 0.25) is 0 Å². The van der Waals surface area contributed by atoms with Crippen LogP contribution in [-0.4, -0.2) is 57.1 Å². The van der Waals surface area contributed by atoms with Crippen molar-refractivity contribution in [3.8, 4) is 0 Å². The lowest BCUT2D eigenvalue weighted by atomic mass is 10.1. The monoisotopic (exact) mass is 342 g/mol. The fraction of sp³-hybridized carbons (Fsp3) is 0.667. The molecule has 1 heterocycles. The lowest BCUT2D eigenvalue weighted by molar-refractivity contribution is -1.01. The summed E-state index contributed by atoms with van der Waals surface area (Å²) in [7, 11) is 0. The van der Waals surface area contributed by atoms with Crippen LogP contribution in [0, 0.1) is 0 Å². The smallest absolute Gasteiger partial charge is 0.127 e. The van der Waals surface area contributed by atoms with E-state index in [0.29, 0.717) is 6.61 Å². The van der Waals surface area contributed by atoms with Crippen LogP contribution in [0.1, 0.15) is 31.9 Å². The Hall–Kier alpha value is -0.650. The summed E-state index contributed by atoms with van der Waals surface area (Å²) < 4.78 is 5.82. The number of ether oxygens (including phenoxy) is 1. The maximum Gasteiger partial charge on any atom is 0.127 e. The Balaban J connectivity index is 1.67. The van der Waals surface area contributed by atoms with E-state index in [1.165, 1.54) is 31.0 Å². The van der Waals surface area contributed by atoms with Gasteiger partial charge in [-0.2, -0.15) is 0 Å². The van der Waals surface area contributed by atoms with Gasteiger partial charge < -0.3 is 19.6 Å². The van der Waals surface area contributed by atoms with Crippen LogP contribution in [0.4, 0.5) is 0 Å². The number of nitrogens with one attached hydrogen (secondary N) is 2. The summed E-state index contributed by atoms with van der Waals surface area (Å²) in [6.45, 7) is 11.4. The summed E-state index contributed by atoms with van der Waals surface area (Å²) in [5.74, 6) is 0. The molecule has 0 radical (unpaired) electrons. The van der Waals surface area contributed by atoms with Crippen molar-refractivity contribution >= 4 is 11.6 Å². The molecule has 0 bridgehead atoms. The van der Waals surface area contributed by atoms with E-state index in [2.05, 4.69) is 6.92 Å². The Morgan fingerprint density at radius 2 is 1.74 bits per heavy atom. The van der Waals surface area contributed by atoms with Crippen LogP contribution in [0.2, 0.25) is 5.02 Å². The number of quaternary nitrogens is 2. The molecule has 0 amide bonds. The van der Waals surface area contributed by atoms with Crippen molar-refractivity contribution < 1.29 is 19.6 Å². The first kappa shape index (κ1) is 18.7. The molecule has 23 heavy (non-hydrogen) atoms. The number of benzene rings is 1. The molecular weight excluding hydrogens is 312 g/mol. The highest BCUT2D eigenvalue weighted by molar-refractivity contribution is 6.30. The molecule has 1 aromatic carbocycles. The van der Waals surface area contributed by atoms with Crippen LogP contribution >= 0.6 is 11.6 Å². The molecule has 1 aromatic rings. The van der Waals surface area contributed by atoms with E-state index in [-0.39, 0.29) is 6.10 Å². The number of hydrogen-bond donors (Lipinski definition) is 3. The van der Waals surface area contributed by atoms with Gasteiger partial charge in [-0.15, -0.1) is 0 Å². The van der Waals surface area contributed by atoms with E-state index in [0.717, 1.165) is 30.2 Å². The van der Waals surface area contributed by atoms with Gasteiger partial charge in [-0.3, -0.25) is 0 Å². The van der Waals surface area contributed by atoms with Crippen molar-refractivity contribution in [1.29, 1.82) is 0 Å². The molecule has 1 aliphatic heterocycles. The van der Waals surface area contributed by atoms with Crippen LogP contribution in [0.25, 0.3) is 0 Å². The number of piperazine rings is 1. The fourth-order valence-corrected chi connectivity index (χ4v) is 3.37. The van der Waals surface area contributed by atoms with E-state index < -0.39 is 6.10 Å². The number of hydrogen-bond acceptors (Lipinski definition) is 2. The molecule has 0 aromatic heterocycles. The lowest BCUT2D eigenvalue weighted by Gasteiger charge is -2.30. The highest BCUT2D eigenvalue weighted by atomic mass is 35.5. The van der Waals surface area contributed by atoms with Crippen molar-refractivity contribution in [3.05, 3.63) is 34.9 Å². The minimum atomic E-state index is -0.396.